The van der Waals surface area contributed by atoms with Crippen molar-refractivity contribution in [1.29, 1.82) is 0 Å². The topological polar surface area (TPSA) is 198 Å². The lowest BCUT2D eigenvalue weighted by molar-refractivity contribution is -0.323. The Morgan fingerprint density at radius 1 is 0.925 bits per heavy atom. The van der Waals surface area contributed by atoms with Gasteiger partial charge in [-0.1, -0.05) is 62.4 Å². The molecule has 1 saturated heterocycles. The molecule has 4 aliphatic carbocycles. The average Bonchev–Trinajstić information content (AvgIpc) is 3.85. The highest BCUT2D eigenvalue weighted by Crippen LogP contribution is 2.74. The Morgan fingerprint density at radius 2 is 1.57 bits per heavy atom. The molecule has 4 N–H and O–H groups in total. The molecule has 6 unspecified atom stereocenters. The number of rotatable bonds is 8. The number of carbonyl (C=O) groups excluding carboxylic acids is 5. The Morgan fingerprint density at radius 3 is 2.15 bits per heavy atom. The molecule has 2 bridgehead atoms. The molecule has 11 atom stereocenters. The molecule has 5 aliphatic rings. The SMILES string of the molecule is CC(=O)O[C@H]1C(=O)C23C[C@H]2CC2OC[C@@]2(OC(C)=O)C3C(OC(=O)c2ccccc2)[C@]2(O)CC(OC(=O)C(O)[C@@H](N)c3ccccc3)C(C)=C1C2(C)C. The van der Waals surface area contributed by atoms with Crippen LogP contribution in [0, 0.1) is 22.7 Å². The van der Waals surface area contributed by atoms with Crippen molar-refractivity contribution in [2.24, 2.45) is 28.4 Å². The van der Waals surface area contributed by atoms with Crippen molar-refractivity contribution in [3.8, 4) is 0 Å². The second-order valence-electron chi connectivity index (χ2n) is 15.7. The highest BCUT2D eigenvalue weighted by molar-refractivity contribution is 5.97. The molecule has 1 spiro atoms. The summed E-state index contributed by atoms with van der Waals surface area (Å²) < 4.78 is 30.3. The van der Waals surface area contributed by atoms with Gasteiger partial charge in [0.2, 0.25) is 0 Å². The molecule has 7 rings (SSSR count). The van der Waals surface area contributed by atoms with Crippen LogP contribution in [-0.4, -0.2) is 88.2 Å². The summed E-state index contributed by atoms with van der Waals surface area (Å²) in [5.41, 5.74) is 0.896. The number of aliphatic hydroxyl groups excluding tert-OH is 1. The van der Waals surface area contributed by atoms with Crippen molar-refractivity contribution in [1.82, 2.24) is 0 Å². The van der Waals surface area contributed by atoms with Gasteiger partial charge < -0.3 is 39.6 Å². The van der Waals surface area contributed by atoms with Crippen molar-refractivity contribution < 1.29 is 57.9 Å². The second-order valence-corrected chi connectivity index (χ2v) is 15.7. The van der Waals surface area contributed by atoms with Crippen LogP contribution in [0.3, 0.4) is 0 Å². The molecule has 0 amide bonds. The van der Waals surface area contributed by atoms with Crippen LogP contribution in [0.2, 0.25) is 0 Å². The smallest absolute Gasteiger partial charge is 0.338 e. The first-order chi connectivity index (χ1) is 25.0. The first kappa shape index (κ1) is 36.9. The Bertz CT molecular complexity index is 1880. The van der Waals surface area contributed by atoms with Gasteiger partial charge in [0.15, 0.2) is 23.6 Å². The van der Waals surface area contributed by atoms with Gasteiger partial charge in [-0.05, 0) is 54.5 Å². The van der Waals surface area contributed by atoms with Gasteiger partial charge in [-0.2, -0.15) is 0 Å². The van der Waals surface area contributed by atoms with E-state index in [1.54, 1.807) is 81.4 Å². The summed E-state index contributed by atoms with van der Waals surface area (Å²) in [5.74, 6) is -5.32. The predicted octanol–water partition coefficient (Wildman–Crippen LogP) is 2.90. The fraction of sp³-hybridized carbons (Fsp3) is 0.525. The third kappa shape index (κ3) is 5.54. The minimum absolute atomic E-state index is 0.137. The van der Waals surface area contributed by atoms with Gasteiger partial charge in [0, 0.05) is 31.1 Å². The molecule has 0 radical (unpaired) electrons. The zero-order valence-corrected chi connectivity index (χ0v) is 30.3. The van der Waals surface area contributed by atoms with E-state index in [0.717, 1.165) is 0 Å². The fourth-order valence-electron chi connectivity index (χ4n) is 9.84. The fourth-order valence-corrected chi connectivity index (χ4v) is 9.84. The van der Waals surface area contributed by atoms with Gasteiger partial charge in [-0.15, -0.1) is 0 Å². The van der Waals surface area contributed by atoms with Crippen LogP contribution in [0.15, 0.2) is 71.8 Å². The third-order valence-corrected chi connectivity index (χ3v) is 12.6. The zero-order valence-electron chi connectivity index (χ0n) is 30.3. The van der Waals surface area contributed by atoms with Crippen molar-refractivity contribution in [3.63, 3.8) is 0 Å². The lowest BCUT2D eigenvalue weighted by Crippen LogP contribution is -2.78. The van der Waals surface area contributed by atoms with E-state index in [0.29, 0.717) is 17.6 Å². The molecule has 1 aliphatic heterocycles. The standard InChI is InChI=1S/C40H45NO12/c1-20-26(51-36(47)30(44)29(41)23-12-8-6-9-13-23)18-40(48)34(52-35(46)24-14-10-7-11-15-24)32-38(33(45)31(50-21(2)42)28(20)37(40,4)5)17-25(38)16-27-39(32,19-49-27)53-22(3)43/h6-15,25-27,29-32,34,44,48H,16-19,41H2,1-5H3/t25-,26?,27?,29+,30?,31-,32?,34?,38?,39+,40-/m1/s1. The molecule has 1 heterocycles. The van der Waals surface area contributed by atoms with Gasteiger partial charge >= 0.3 is 23.9 Å². The quantitative estimate of drug-likeness (QED) is 0.204. The molecule has 0 aromatic heterocycles. The average molecular weight is 732 g/mol. The summed E-state index contributed by atoms with van der Waals surface area (Å²) in [7, 11) is 0. The van der Waals surface area contributed by atoms with E-state index < -0.39 is 94.2 Å². The number of benzene rings is 2. The van der Waals surface area contributed by atoms with Crippen molar-refractivity contribution >= 4 is 29.7 Å². The first-order valence-corrected chi connectivity index (χ1v) is 17.9. The monoisotopic (exact) mass is 731 g/mol. The summed E-state index contributed by atoms with van der Waals surface area (Å²) in [5, 5.41) is 24.6. The van der Waals surface area contributed by atoms with E-state index in [2.05, 4.69) is 0 Å². The van der Waals surface area contributed by atoms with E-state index in [-0.39, 0.29) is 36.5 Å². The minimum atomic E-state index is -2.17. The largest absolute Gasteiger partial charge is 0.456 e. The molecule has 2 aromatic carbocycles. The van der Waals surface area contributed by atoms with Crippen LogP contribution in [0.1, 0.15) is 75.8 Å². The Balaban J connectivity index is 1.41. The number of ketones is 1. The lowest BCUT2D eigenvalue weighted by atomic mass is 9.48. The van der Waals surface area contributed by atoms with Crippen LogP contribution >= 0.6 is 0 Å². The third-order valence-electron chi connectivity index (χ3n) is 12.6. The maximum atomic E-state index is 15.3. The van der Waals surface area contributed by atoms with Crippen LogP contribution < -0.4 is 5.73 Å². The van der Waals surface area contributed by atoms with Gasteiger partial charge in [-0.3, -0.25) is 14.4 Å². The number of nitrogens with two attached hydrogens (primary N) is 1. The van der Waals surface area contributed by atoms with Gasteiger partial charge in [0.05, 0.1) is 24.1 Å². The van der Waals surface area contributed by atoms with E-state index in [4.69, 9.17) is 29.4 Å². The molecule has 4 fully saturated rings. The molecular formula is C40H45NO12. The van der Waals surface area contributed by atoms with Crippen molar-refractivity contribution in [3.05, 3.63) is 82.9 Å². The summed E-state index contributed by atoms with van der Waals surface area (Å²) in [6, 6.07) is 15.5. The number of esters is 4. The predicted molar refractivity (Wildman–Crippen MR) is 184 cm³/mol. The highest BCUT2D eigenvalue weighted by atomic mass is 16.6. The summed E-state index contributed by atoms with van der Waals surface area (Å²) >= 11 is 0. The van der Waals surface area contributed by atoms with Crippen molar-refractivity contribution in [2.75, 3.05) is 6.61 Å². The lowest BCUT2D eigenvalue weighted by Gasteiger charge is -2.64. The van der Waals surface area contributed by atoms with Crippen LogP contribution in [0.4, 0.5) is 0 Å². The Hall–Kier alpha value is -4.43. The van der Waals surface area contributed by atoms with Gasteiger partial charge in [0.25, 0.3) is 0 Å². The highest BCUT2D eigenvalue weighted by Gasteiger charge is 2.84. The molecule has 53 heavy (non-hydrogen) atoms. The van der Waals surface area contributed by atoms with E-state index in [1.165, 1.54) is 13.8 Å². The number of ether oxygens (including phenoxy) is 5. The number of Topliss-reactive ketones (excluding diaryl/α,β-unsaturated/α-hetero) is 1. The van der Waals surface area contributed by atoms with Gasteiger partial charge in [-0.25, -0.2) is 9.59 Å². The first-order valence-electron chi connectivity index (χ1n) is 17.9. The number of carbonyl (C=O) groups is 5. The number of hydrogen-bond acceptors (Lipinski definition) is 13. The minimum Gasteiger partial charge on any atom is -0.456 e. The van der Waals surface area contributed by atoms with E-state index >= 15 is 4.79 Å². The number of aliphatic hydroxyl groups is 2. The molecular weight excluding hydrogens is 686 g/mol. The summed E-state index contributed by atoms with van der Waals surface area (Å²) in [6.07, 6.45) is -6.66. The molecule has 13 heteroatoms. The summed E-state index contributed by atoms with van der Waals surface area (Å²) in [6.45, 7) is 7.18. The van der Waals surface area contributed by atoms with Crippen LogP contribution in [-0.2, 0) is 42.9 Å². The van der Waals surface area contributed by atoms with Crippen molar-refractivity contribution in [2.45, 2.75) is 102 Å². The Labute approximate surface area is 306 Å². The molecule has 282 valence electrons. The van der Waals surface area contributed by atoms with Gasteiger partial charge in [0.1, 0.15) is 23.9 Å². The van der Waals surface area contributed by atoms with Crippen LogP contribution in [0.5, 0.6) is 0 Å². The van der Waals surface area contributed by atoms with E-state index in [9.17, 15) is 29.4 Å². The normalized spacial score (nSPS) is 36.0. The zero-order chi connectivity index (χ0) is 38.2. The second kappa shape index (κ2) is 12.9. The summed E-state index contributed by atoms with van der Waals surface area (Å²) in [4.78, 5) is 68.7. The maximum absolute atomic E-state index is 15.3. The molecule has 13 nitrogen and oxygen atoms in total. The van der Waals surface area contributed by atoms with Crippen LogP contribution in [0.25, 0.3) is 0 Å². The molecule has 3 saturated carbocycles. The maximum Gasteiger partial charge on any atom is 0.338 e. The van der Waals surface area contributed by atoms with E-state index in [1.807, 2.05) is 0 Å². The Kier molecular flexibility index (Phi) is 8.96. The number of hydrogen-bond donors (Lipinski definition) is 3. The number of fused-ring (bicyclic) bond motifs is 4. The molecule has 2 aromatic rings.